The van der Waals surface area contributed by atoms with Crippen molar-refractivity contribution in [3.05, 3.63) is 60.4 Å². The van der Waals surface area contributed by atoms with Gasteiger partial charge in [0.05, 0.1) is 0 Å². The predicted octanol–water partition coefficient (Wildman–Crippen LogP) is 1.05. The fourth-order valence-corrected chi connectivity index (χ4v) is 2.17. The van der Waals surface area contributed by atoms with E-state index in [0.29, 0.717) is 17.9 Å². The van der Waals surface area contributed by atoms with Gasteiger partial charge in [0.15, 0.2) is 5.82 Å². The van der Waals surface area contributed by atoms with E-state index in [9.17, 15) is 4.79 Å². The fourth-order valence-electron chi connectivity index (χ4n) is 2.17. The number of amides is 1. The summed E-state index contributed by atoms with van der Waals surface area (Å²) in [6, 6.07) is 7.14. The molecule has 3 rings (SSSR count). The molecular formula is C16H17N7O. The molecule has 0 unspecified atom stereocenters. The van der Waals surface area contributed by atoms with Crippen molar-refractivity contribution in [3.8, 4) is 5.82 Å². The van der Waals surface area contributed by atoms with Gasteiger partial charge in [0.25, 0.3) is 5.91 Å². The average Bonchev–Trinajstić information content (AvgIpc) is 3.14. The molecule has 8 nitrogen and oxygen atoms in total. The Hall–Kier alpha value is -3.29. The van der Waals surface area contributed by atoms with E-state index in [1.165, 1.54) is 6.33 Å². The van der Waals surface area contributed by atoms with Crippen molar-refractivity contribution in [2.45, 2.75) is 6.54 Å². The Morgan fingerprint density at radius 3 is 2.88 bits per heavy atom. The summed E-state index contributed by atoms with van der Waals surface area (Å²) in [5.41, 5.74) is 1.40. The van der Waals surface area contributed by atoms with Crippen molar-refractivity contribution in [1.82, 2.24) is 30.0 Å². The molecule has 0 saturated carbocycles. The number of carbonyl (C=O) groups excluding carboxylic acids is 1. The third-order valence-electron chi connectivity index (χ3n) is 3.41. The van der Waals surface area contributed by atoms with Crippen LogP contribution in [-0.4, -0.2) is 44.7 Å². The Bertz CT molecular complexity index is 830. The first-order valence-electron chi connectivity index (χ1n) is 7.35. The van der Waals surface area contributed by atoms with Crippen LogP contribution >= 0.6 is 0 Å². The number of hydrogen-bond acceptors (Lipinski definition) is 6. The Labute approximate surface area is 139 Å². The summed E-state index contributed by atoms with van der Waals surface area (Å²) in [6.45, 7) is 0.335. The highest BCUT2D eigenvalue weighted by molar-refractivity contribution is 5.94. The largest absolute Gasteiger partial charge is 0.363 e. The maximum absolute atomic E-state index is 12.4. The zero-order valence-corrected chi connectivity index (χ0v) is 13.4. The molecule has 0 atom stereocenters. The molecule has 3 heterocycles. The van der Waals surface area contributed by atoms with Gasteiger partial charge in [0.1, 0.15) is 18.5 Å². The molecule has 122 valence electrons. The Kier molecular flexibility index (Phi) is 4.46. The van der Waals surface area contributed by atoms with Crippen LogP contribution in [0, 0.1) is 0 Å². The monoisotopic (exact) mass is 323 g/mol. The van der Waals surface area contributed by atoms with Gasteiger partial charge in [-0.2, -0.15) is 5.10 Å². The summed E-state index contributed by atoms with van der Waals surface area (Å²) < 4.78 is 1.57. The summed E-state index contributed by atoms with van der Waals surface area (Å²) in [6.07, 6.45) is 6.31. The molecule has 0 saturated heterocycles. The molecule has 0 spiro atoms. The minimum absolute atomic E-state index is 0.172. The maximum atomic E-state index is 12.4. The van der Waals surface area contributed by atoms with E-state index < -0.39 is 0 Å². The van der Waals surface area contributed by atoms with Crippen LogP contribution in [0.3, 0.4) is 0 Å². The lowest BCUT2D eigenvalue weighted by Gasteiger charge is -2.13. The summed E-state index contributed by atoms with van der Waals surface area (Å²) in [5.74, 6) is 1.19. The lowest BCUT2D eigenvalue weighted by molar-refractivity contribution is 0.0951. The highest BCUT2D eigenvalue weighted by Gasteiger charge is 2.11. The van der Waals surface area contributed by atoms with Crippen molar-refractivity contribution < 1.29 is 4.79 Å². The number of nitrogens with zero attached hydrogens (tertiary/aromatic N) is 6. The Balaban J connectivity index is 1.75. The second-order valence-corrected chi connectivity index (χ2v) is 5.31. The lowest BCUT2D eigenvalue weighted by Crippen LogP contribution is -2.24. The van der Waals surface area contributed by atoms with Crippen molar-refractivity contribution in [2.24, 2.45) is 0 Å². The Morgan fingerprint density at radius 2 is 2.12 bits per heavy atom. The third-order valence-corrected chi connectivity index (χ3v) is 3.41. The van der Waals surface area contributed by atoms with Gasteiger partial charge in [0, 0.05) is 44.2 Å². The summed E-state index contributed by atoms with van der Waals surface area (Å²) >= 11 is 0. The first-order chi connectivity index (χ1) is 11.6. The zero-order valence-electron chi connectivity index (χ0n) is 13.4. The van der Waals surface area contributed by atoms with E-state index in [4.69, 9.17) is 0 Å². The number of anilines is 1. The molecule has 0 aliphatic rings. The normalized spacial score (nSPS) is 10.4. The van der Waals surface area contributed by atoms with Gasteiger partial charge in [-0.15, -0.1) is 0 Å². The van der Waals surface area contributed by atoms with Crippen LogP contribution in [0.25, 0.3) is 5.82 Å². The molecule has 0 bridgehead atoms. The minimum atomic E-state index is -0.172. The van der Waals surface area contributed by atoms with E-state index in [0.717, 1.165) is 11.4 Å². The molecule has 24 heavy (non-hydrogen) atoms. The van der Waals surface area contributed by atoms with Gasteiger partial charge in [-0.3, -0.25) is 4.79 Å². The number of aromatic nitrogens is 5. The van der Waals surface area contributed by atoms with Gasteiger partial charge < -0.3 is 10.2 Å². The van der Waals surface area contributed by atoms with E-state index in [1.54, 1.807) is 35.5 Å². The van der Waals surface area contributed by atoms with Gasteiger partial charge in [0.2, 0.25) is 0 Å². The fraction of sp³-hybridized carbons (Fsp3) is 0.188. The number of rotatable bonds is 5. The van der Waals surface area contributed by atoms with Crippen LogP contribution in [0.4, 0.5) is 5.82 Å². The van der Waals surface area contributed by atoms with Gasteiger partial charge in [-0.1, -0.05) is 6.07 Å². The third kappa shape index (κ3) is 3.37. The van der Waals surface area contributed by atoms with Crippen LogP contribution in [-0.2, 0) is 6.54 Å². The summed E-state index contributed by atoms with van der Waals surface area (Å²) in [5, 5.41) is 6.98. The highest BCUT2D eigenvalue weighted by atomic mass is 16.1. The van der Waals surface area contributed by atoms with E-state index >= 15 is 0 Å². The van der Waals surface area contributed by atoms with Crippen LogP contribution in [0.5, 0.6) is 0 Å². The molecule has 1 amide bonds. The highest BCUT2D eigenvalue weighted by Crippen LogP contribution is 2.12. The zero-order chi connectivity index (χ0) is 16.9. The predicted molar refractivity (Wildman–Crippen MR) is 88.9 cm³/mol. The summed E-state index contributed by atoms with van der Waals surface area (Å²) in [7, 11) is 3.76. The van der Waals surface area contributed by atoms with Crippen molar-refractivity contribution in [2.75, 3.05) is 19.0 Å². The molecule has 8 heteroatoms. The number of nitrogens with one attached hydrogen (secondary N) is 1. The van der Waals surface area contributed by atoms with Crippen LogP contribution in [0.2, 0.25) is 0 Å². The number of pyridine rings is 2. The van der Waals surface area contributed by atoms with Crippen LogP contribution in [0.15, 0.2) is 49.3 Å². The van der Waals surface area contributed by atoms with Gasteiger partial charge >= 0.3 is 0 Å². The van der Waals surface area contributed by atoms with Gasteiger partial charge in [-0.25, -0.2) is 19.6 Å². The smallest absolute Gasteiger partial charge is 0.251 e. The van der Waals surface area contributed by atoms with Crippen molar-refractivity contribution >= 4 is 11.7 Å². The first kappa shape index (κ1) is 15.6. The molecular weight excluding hydrogens is 306 g/mol. The molecule has 3 aromatic rings. The number of carbonyl (C=O) groups is 1. The van der Waals surface area contributed by atoms with Crippen LogP contribution < -0.4 is 10.2 Å². The topological polar surface area (TPSA) is 88.8 Å². The molecule has 0 aromatic carbocycles. The molecule has 0 radical (unpaired) electrons. The number of hydrogen-bond donors (Lipinski definition) is 1. The van der Waals surface area contributed by atoms with Crippen LogP contribution in [0.1, 0.15) is 15.9 Å². The molecule has 0 aliphatic carbocycles. The van der Waals surface area contributed by atoms with E-state index in [1.807, 2.05) is 31.1 Å². The minimum Gasteiger partial charge on any atom is -0.363 e. The maximum Gasteiger partial charge on any atom is 0.251 e. The molecule has 0 aliphatic heterocycles. The quantitative estimate of drug-likeness (QED) is 0.755. The van der Waals surface area contributed by atoms with E-state index in [2.05, 4.69) is 25.4 Å². The van der Waals surface area contributed by atoms with Crippen molar-refractivity contribution in [3.63, 3.8) is 0 Å². The van der Waals surface area contributed by atoms with Crippen molar-refractivity contribution in [1.29, 1.82) is 0 Å². The second-order valence-electron chi connectivity index (χ2n) is 5.31. The standard InChI is InChI=1S/C16H17N7O/c1-22(2)14-8-12(5-7-18-14)16(24)20-9-13-4-3-6-19-15(13)23-11-17-10-21-23/h3-8,10-11H,9H2,1-2H3,(H,20,24). The SMILES string of the molecule is CN(C)c1cc(C(=O)NCc2cccnc2-n2cncn2)ccn1. The second kappa shape index (κ2) is 6.86. The summed E-state index contributed by atoms with van der Waals surface area (Å²) in [4.78, 5) is 26.7. The molecule has 1 N–H and O–H groups in total. The molecule has 0 fully saturated rings. The lowest BCUT2D eigenvalue weighted by atomic mass is 10.2. The average molecular weight is 323 g/mol. The Morgan fingerprint density at radius 1 is 1.25 bits per heavy atom. The molecule has 3 aromatic heterocycles. The van der Waals surface area contributed by atoms with E-state index in [-0.39, 0.29) is 5.91 Å². The first-order valence-corrected chi connectivity index (χ1v) is 7.35. The van der Waals surface area contributed by atoms with Gasteiger partial charge in [-0.05, 0) is 18.2 Å².